The number of amides is 2. The van der Waals surface area contributed by atoms with E-state index in [1.165, 1.54) is 5.56 Å². The molecule has 124 valence electrons. The van der Waals surface area contributed by atoms with Gasteiger partial charge < -0.3 is 15.5 Å². The highest BCUT2D eigenvalue weighted by Gasteiger charge is 2.26. The predicted molar refractivity (Wildman–Crippen MR) is 95.4 cm³/mol. The Labute approximate surface area is 141 Å². The topological polar surface area (TPSA) is 61.4 Å². The fraction of sp³-hybridized carbons (Fsp3) is 0.263. The third kappa shape index (κ3) is 3.25. The van der Waals surface area contributed by atoms with Gasteiger partial charge in [0.05, 0.1) is 6.54 Å². The van der Waals surface area contributed by atoms with E-state index in [2.05, 4.69) is 34.6 Å². The lowest BCUT2D eigenvalue weighted by Gasteiger charge is -2.24. The second-order valence-corrected chi connectivity index (χ2v) is 6.02. The minimum Gasteiger partial charge on any atom is -0.359 e. The summed E-state index contributed by atoms with van der Waals surface area (Å²) in [5.74, 6) is -0.263. The zero-order valence-corrected chi connectivity index (χ0v) is 13.9. The number of fused-ring (bicyclic) bond motifs is 1. The molecule has 1 heterocycles. The fourth-order valence-corrected chi connectivity index (χ4v) is 3.11. The summed E-state index contributed by atoms with van der Waals surface area (Å²) in [5.41, 5.74) is 3.55. The van der Waals surface area contributed by atoms with E-state index < -0.39 is 0 Å². The van der Waals surface area contributed by atoms with Crippen LogP contribution in [0.15, 0.2) is 48.5 Å². The zero-order valence-electron chi connectivity index (χ0n) is 13.9. The summed E-state index contributed by atoms with van der Waals surface area (Å²) in [6.45, 7) is 2.42. The first-order chi connectivity index (χ1) is 11.6. The van der Waals surface area contributed by atoms with E-state index in [1.807, 2.05) is 12.1 Å². The van der Waals surface area contributed by atoms with Crippen molar-refractivity contribution in [1.82, 2.24) is 5.32 Å². The third-order valence-corrected chi connectivity index (χ3v) is 4.30. The molecule has 0 aromatic heterocycles. The molecule has 0 spiro atoms. The van der Waals surface area contributed by atoms with E-state index in [0.717, 1.165) is 12.1 Å². The molecule has 0 saturated carbocycles. The molecule has 24 heavy (non-hydrogen) atoms. The lowest BCUT2D eigenvalue weighted by atomic mass is 10.1. The fourth-order valence-electron chi connectivity index (χ4n) is 3.11. The minimum atomic E-state index is -0.173. The smallest absolute Gasteiger partial charge is 0.251 e. The SMILES string of the molecule is CNC(=O)c1cccc(NC(=O)CN2c3ccccc3C[C@@H]2C)c1. The van der Waals surface area contributed by atoms with Gasteiger partial charge in [0.1, 0.15) is 0 Å². The van der Waals surface area contributed by atoms with Crippen LogP contribution in [-0.4, -0.2) is 31.4 Å². The second kappa shape index (κ2) is 6.74. The van der Waals surface area contributed by atoms with E-state index >= 15 is 0 Å². The lowest BCUT2D eigenvalue weighted by Crippen LogP contribution is -2.37. The number of carbonyl (C=O) groups excluding carboxylic acids is 2. The molecule has 3 rings (SSSR count). The van der Waals surface area contributed by atoms with Crippen LogP contribution in [0.3, 0.4) is 0 Å². The van der Waals surface area contributed by atoms with Gasteiger partial charge in [-0.2, -0.15) is 0 Å². The van der Waals surface area contributed by atoms with Gasteiger partial charge in [-0.15, -0.1) is 0 Å². The van der Waals surface area contributed by atoms with E-state index in [-0.39, 0.29) is 11.8 Å². The first kappa shape index (κ1) is 16.1. The van der Waals surface area contributed by atoms with Gasteiger partial charge >= 0.3 is 0 Å². The molecule has 0 fully saturated rings. The molecule has 0 saturated heterocycles. The van der Waals surface area contributed by atoms with Crippen LogP contribution in [0, 0.1) is 0 Å². The van der Waals surface area contributed by atoms with Gasteiger partial charge in [0.15, 0.2) is 0 Å². The Morgan fingerprint density at radius 1 is 1.17 bits per heavy atom. The van der Waals surface area contributed by atoms with Crippen LogP contribution in [0.5, 0.6) is 0 Å². The normalized spacial score (nSPS) is 15.8. The van der Waals surface area contributed by atoms with Crippen molar-refractivity contribution in [1.29, 1.82) is 0 Å². The second-order valence-electron chi connectivity index (χ2n) is 6.02. The van der Waals surface area contributed by atoms with Gasteiger partial charge in [-0.05, 0) is 43.2 Å². The summed E-state index contributed by atoms with van der Waals surface area (Å²) in [7, 11) is 1.58. The maximum Gasteiger partial charge on any atom is 0.251 e. The summed E-state index contributed by atoms with van der Waals surface area (Å²) >= 11 is 0. The predicted octanol–water partition coefficient (Wildman–Crippen LogP) is 2.44. The Hall–Kier alpha value is -2.82. The monoisotopic (exact) mass is 323 g/mol. The van der Waals surface area contributed by atoms with Gasteiger partial charge in [0, 0.05) is 30.0 Å². The van der Waals surface area contributed by atoms with Gasteiger partial charge in [-0.3, -0.25) is 9.59 Å². The molecule has 1 atom stereocenters. The van der Waals surface area contributed by atoms with Gasteiger partial charge in [0.2, 0.25) is 5.91 Å². The molecule has 2 N–H and O–H groups in total. The molecule has 2 aromatic rings. The molecular formula is C19H21N3O2. The van der Waals surface area contributed by atoms with E-state index in [1.54, 1.807) is 31.3 Å². The Bertz CT molecular complexity index is 773. The summed E-state index contributed by atoms with van der Waals surface area (Å²) in [6.07, 6.45) is 0.954. The quantitative estimate of drug-likeness (QED) is 0.908. The highest BCUT2D eigenvalue weighted by molar-refractivity contribution is 5.98. The highest BCUT2D eigenvalue weighted by Crippen LogP contribution is 2.31. The van der Waals surface area contributed by atoms with Crippen molar-refractivity contribution in [3.8, 4) is 0 Å². The van der Waals surface area contributed by atoms with Crippen molar-refractivity contribution in [2.24, 2.45) is 0 Å². The summed E-state index contributed by atoms with van der Waals surface area (Å²) < 4.78 is 0. The Morgan fingerprint density at radius 3 is 2.75 bits per heavy atom. The van der Waals surface area contributed by atoms with Gasteiger partial charge in [-0.25, -0.2) is 0 Å². The number of nitrogens with one attached hydrogen (secondary N) is 2. The molecule has 5 heteroatoms. The number of anilines is 2. The van der Waals surface area contributed by atoms with Crippen molar-refractivity contribution in [2.45, 2.75) is 19.4 Å². The number of benzene rings is 2. The first-order valence-corrected chi connectivity index (χ1v) is 8.05. The molecule has 0 aliphatic carbocycles. The molecule has 5 nitrogen and oxygen atoms in total. The lowest BCUT2D eigenvalue weighted by molar-refractivity contribution is -0.115. The zero-order chi connectivity index (χ0) is 17.1. The van der Waals surface area contributed by atoms with E-state index in [9.17, 15) is 9.59 Å². The van der Waals surface area contributed by atoms with Gasteiger partial charge in [-0.1, -0.05) is 24.3 Å². The molecule has 1 aliphatic heterocycles. The average molecular weight is 323 g/mol. The maximum absolute atomic E-state index is 12.4. The van der Waals surface area contributed by atoms with Crippen molar-refractivity contribution in [2.75, 3.05) is 23.8 Å². The number of hydrogen-bond donors (Lipinski definition) is 2. The van der Waals surface area contributed by atoms with Gasteiger partial charge in [0.25, 0.3) is 5.91 Å². The van der Waals surface area contributed by atoms with Crippen LogP contribution < -0.4 is 15.5 Å². The van der Waals surface area contributed by atoms with Crippen LogP contribution in [0.2, 0.25) is 0 Å². The van der Waals surface area contributed by atoms with Crippen LogP contribution >= 0.6 is 0 Å². The molecule has 1 aliphatic rings. The molecule has 0 radical (unpaired) electrons. The Balaban J connectivity index is 1.69. The largest absolute Gasteiger partial charge is 0.359 e. The number of para-hydroxylation sites is 1. The van der Waals surface area contributed by atoms with Crippen molar-refractivity contribution in [3.05, 3.63) is 59.7 Å². The minimum absolute atomic E-state index is 0.0902. The van der Waals surface area contributed by atoms with Crippen LogP contribution in [0.1, 0.15) is 22.8 Å². The number of hydrogen-bond acceptors (Lipinski definition) is 3. The molecule has 2 amide bonds. The number of rotatable bonds is 4. The van der Waals surface area contributed by atoms with E-state index in [4.69, 9.17) is 0 Å². The van der Waals surface area contributed by atoms with Crippen LogP contribution in [-0.2, 0) is 11.2 Å². The van der Waals surface area contributed by atoms with Crippen molar-refractivity contribution < 1.29 is 9.59 Å². The highest BCUT2D eigenvalue weighted by atomic mass is 16.2. The molecule has 0 bridgehead atoms. The average Bonchev–Trinajstić information content (AvgIpc) is 2.90. The number of carbonyl (C=O) groups is 2. The van der Waals surface area contributed by atoms with Crippen LogP contribution in [0.25, 0.3) is 0 Å². The Kier molecular flexibility index (Phi) is 4.51. The summed E-state index contributed by atoms with van der Waals surface area (Å²) in [6, 6.07) is 15.4. The summed E-state index contributed by atoms with van der Waals surface area (Å²) in [5, 5.41) is 5.46. The van der Waals surface area contributed by atoms with E-state index in [0.29, 0.717) is 23.8 Å². The molecule has 2 aromatic carbocycles. The first-order valence-electron chi connectivity index (χ1n) is 8.05. The van der Waals surface area contributed by atoms with Crippen molar-refractivity contribution in [3.63, 3.8) is 0 Å². The molecular weight excluding hydrogens is 302 g/mol. The van der Waals surface area contributed by atoms with Crippen molar-refractivity contribution >= 4 is 23.2 Å². The molecule has 0 unspecified atom stereocenters. The Morgan fingerprint density at radius 2 is 1.96 bits per heavy atom. The summed E-state index contributed by atoms with van der Waals surface area (Å²) in [4.78, 5) is 26.2. The maximum atomic E-state index is 12.4. The standard InChI is InChI=1S/C19H21N3O2/c1-13-10-14-6-3-4-9-17(14)22(13)12-18(23)21-16-8-5-7-15(11-16)19(24)20-2/h3-9,11,13H,10,12H2,1-2H3,(H,20,24)(H,21,23)/t13-/m0/s1. The third-order valence-electron chi connectivity index (χ3n) is 4.30. The number of nitrogens with zero attached hydrogens (tertiary/aromatic N) is 1. The van der Waals surface area contributed by atoms with Crippen LogP contribution in [0.4, 0.5) is 11.4 Å².